The Hall–Kier alpha value is -0.120. The molecule has 3 nitrogen and oxygen atoms in total. The third-order valence-electron chi connectivity index (χ3n) is 4.44. The molecule has 1 heterocycles. The van der Waals surface area contributed by atoms with Crippen LogP contribution in [0, 0.1) is 11.8 Å². The van der Waals surface area contributed by atoms with Crippen LogP contribution in [-0.2, 0) is 9.47 Å². The average Bonchev–Trinajstić information content (AvgIpc) is 2.74. The van der Waals surface area contributed by atoms with Crippen LogP contribution in [0.1, 0.15) is 38.5 Å². The highest BCUT2D eigenvalue weighted by Crippen LogP contribution is 2.49. The molecule has 0 bridgehead atoms. The lowest BCUT2D eigenvalue weighted by Gasteiger charge is -2.48. The van der Waals surface area contributed by atoms with Crippen molar-refractivity contribution in [2.75, 3.05) is 13.2 Å². The zero-order chi connectivity index (χ0) is 10.3. The van der Waals surface area contributed by atoms with Gasteiger partial charge >= 0.3 is 0 Å². The Labute approximate surface area is 90.8 Å². The molecule has 1 spiro atoms. The predicted octanol–water partition coefficient (Wildman–Crippen LogP) is 1.69. The lowest BCUT2D eigenvalue weighted by molar-refractivity contribution is -0.248. The van der Waals surface area contributed by atoms with Gasteiger partial charge in [-0.05, 0) is 25.2 Å². The summed E-state index contributed by atoms with van der Waals surface area (Å²) in [6, 6.07) is 0. The molecule has 1 N–H and O–H groups in total. The lowest BCUT2D eigenvalue weighted by atomic mass is 9.66. The second-order valence-corrected chi connectivity index (χ2v) is 5.17. The largest absolute Gasteiger partial charge is 0.393 e. The van der Waals surface area contributed by atoms with E-state index in [9.17, 15) is 5.11 Å². The van der Waals surface area contributed by atoms with Crippen molar-refractivity contribution in [1.29, 1.82) is 0 Å². The molecule has 3 heteroatoms. The summed E-state index contributed by atoms with van der Waals surface area (Å²) < 4.78 is 11.7. The second kappa shape index (κ2) is 3.72. The molecule has 0 aromatic heterocycles. The van der Waals surface area contributed by atoms with Crippen molar-refractivity contribution in [3.05, 3.63) is 0 Å². The fraction of sp³-hybridized carbons (Fsp3) is 1.00. The van der Waals surface area contributed by atoms with Crippen molar-refractivity contribution in [3.63, 3.8) is 0 Å². The van der Waals surface area contributed by atoms with Crippen LogP contribution in [0.5, 0.6) is 0 Å². The number of aliphatic hydroxyl groups excluding tert-OH is 1. The Morgan fingerprint density at radius 3 is 2.53 bits per heavy atom. The smallest absolute Gasteiger partial charge is 0.171 e. The fourth-order valence-electron chi connectivity index (χ4n) is 3.74. The van der Waals surface area contributed by atoms with Gasteiger partial charge in [-0.1, -0.05) is 12.8 Å². The zero-order valence-electron chi connectivity index (χ0n) is 9.15. The standard InChI is InChI=1S/C12H20O3/c13-11-5-6-12(14-7-8-15-12)10-4-2-1-3-9(10)11/h9-11,13H,1-8H2/t9-,10-,11+/m0/s1. The van der Waals surface area contributed by atoms with Crippen LogP contribution in [0.2, 0.25) is 0 Å². The minimum absolute atomic E-state index is 0.117. The van der Waals surface area contributed by atoms with Gasteiger partial charge in [-0.3, -0.25) is 0 Å². The molecule has 3 fully saturated rings. The molecule has 0 unspecified atom stereocenters. The minimum atomic E-state index is -0.315. The first-order chi connectivity index (χ1) is 7.32. The topological polar surface area (TPSA) is 38.7 Å². The first-order valence-electron chi connectivity index (χ1n) is 6.28. The van der Waals surface area contributed by atoms with E-state index in [0.717, 1.165) is 32.5 Å². The predicted molar refractivity (Wildman–Crippen MR) is 55.3 cm³/mol. The Balaban J connectivity index is 1.84. The van der Waals surface area contributed by atoms with Crippen molar-refractivity contribution in [1.82, 2.24) is 0 Å². The fourth-order valence-corrected chi connectivity index (χ4v) is 3.74. The Bertz CT molecular complexity index is 235. The Morgan fingerprint density at radius 1 is 1.00 bits per heavy atom. The van der Waals surface area contributed by atoms with E-state index < -0.39 is 0 Å². The van der Waals surface area contributed by atoms with Gasteiger partial charge in [0.25, 0.3) is 0 Å². The van der Waals surface area contributed by atoms with Crippen LogP contribution in [-0.4, -0.2) is 30.2 Å². The SMILES string of the molecule is O[C@@H]1CCC2(OCCO2)[C@H]2CCCC[C@H]12. The average molecular weight is 212 g/mol. The highest BCUT2D eigenvalue weighted by Gasteiger charge is 2.53. The molecule has 3 atom stereocenters. The second-order valence-electron chi connectivity index (χ2n) is 5.17. The summed E-state index contributed by atoms with van der Waals surface area (Å²) in [6.45, 7) is 1.47. The van der Waals surface area contributed by atoms with E-state index in [1.807, 2.05) is 0 Å². The van der Waals surface area contributed by atoms with Crippen LogP contribution >= 0.6 is 0 Å². The molecule has 15 heavy (non-hydrogen) atoms. The first-order valence-corrected chi connectivity index (χ1v) is 6.28. The Morgan fingerprint density at radius 2 is 1.73 bits per heavy atom. The molecule has 1 aliphatic heterocycles. The zero-order valence-corrected chi connectivity index (χ0v) is 9.15. The molecule has 2 saturated carbocycles. The summed E-state index contributed by atoms with van der Waals surface area (Å²) >= 11 is 0. The van der Waals surface area contributed by atoms with Gasteiger partial charge in [0, 0.05) is 12.3 Å². The number of hydrogen-bond acceptors (Lipinski definition) is 3. The van der Waals surface area contributed by atoms with E-state index in [2.05, 4.69) is 0 Å². The van der Waals surface area contributed by atoms with Gasteiger partial charge < -0.3 is 14.6 Å². The quantitative estimate of drug-likeness (QED) is 0.664. The van der Waals surface area contributed by atoms with Gasteiger partial charge in [0.1, 0.15) is 0 Å². The molecule has 2 aliphatic carbocycles. The molecule has 86 valence electrons. The molecule has 0 aromatic rings. The van der Waals surface area contributed by atoms with Gasteiger partial charge in [0.2, 0.25) is 0 Å². The van der Waals surface area contributed by atoms with Crippen molar-refractivity contribution in [2.24, 2.45) is 11.8 Å². The normalized spacial score (nSPS) is 44.2. The summed E-state index contributed by atoms with van der Waals surface area (Å²) in [5.74, 6) is 0.549. The van der Waals surface area contributed by atoms with E-state index in [-0.39, 0.29) is 11.9 Å². The number of hydrogen-bond donors (Lipinski definition) is 1. The van der Waals surface area contributed by atoms with Crippen LogP contribution in [0.3, 0.4) is 0 Å². The third kappa shape index (κ3) is 1.52. The number of ether oxygens (including phenoxy) is 2. The molecular formula is C12H20O3. The minimum Gasteiger partial charge on any atom is -0.393 e. The van der Waals surface area contributed by atoms with Crippen LogP contribution in [0.15, 0.2) is 0 Å². The van der Waals surface area contributed by atoms with Gasteiger partial charge in [0.15, 0.2) is 5.79 Å². The van der Waals surface area contributed by atoms with Crippen molar-refractivity contribution in [2.45, 2.75) is 50.4 Å². The molecule has 0 radical (unpaired) electrons. The summed E-state index contributed by atoms with van der Waals surface area (Å²) in [6.07, 6.45) is 6.46. The van der Waals surface area contributed by atoms with E-state index in [4.69, 9.17) is 9.47 Å². The van der Waals surface area contributed by atoms with E-state index >= 15 is 0 Å². The lowest BCUT2D eigenvalue weighted by Crippen LogP contribution is -2.52. The van der Waals surface area contributed by atoms with E-state index in [1.165, 1.54) is 19.3 Å². The van der Waals surface area contributed by atoms with Gasteiger partial charge in [-0.15, -0.1) is 0 Å². The van der Waals surface area contributed by atoms with Crippen molar-refractivity contribution >= 4 is 0 Å². The third-order valence-corrected chi connectivity index (χ3v) is 4.44. The summed E-state index contributed by atoms with van der Waals surface area (Å²) in [5, 5.41) is 10.0. The summed E-state index contributed by atoms with van der Waals surface area (Å²) in [7, 11) is 0. The van der Waals surface area contributed by atoms with Gasteiger partial charge in [-0.25, -0.2) is 0 Å². The maximum absolute atomic E-state index is 10.0. The molecule has 3 aliphatic rings. The summed E-state index contributed by atoms with van der Waals surface area (Å²) in [5.41, 5.74) is 0. The van der Waals surface area contributed by atoms with Crippen LogP contribution in [0.25, 0.3) is 0 Å². The number of fused-ring (bicyclic) bond motifs is 2. The molecule has 0 aromatic carbocycles. The summed E-state index contributed by atoms with van der Waals surface area (Å²) in [4.78, 5) is 0. The van der Waals surface area contributed by atoms with Crippen molar-refractivity contribution in [3.8, 4) is 0 Å². The molecule has 0 amide bonds. The van der Waals surface area contributed by atoms with Crippen molar-refractivity contribution < 1.29 is 14.6 Å². The maximum Gasteiger partial charge on any atom is 0.171 e. The van der Waals surface area contributed by atoms with Crippen LogP contribution in [0.4, 0.5) is 0 Å². The number of rotatable bonds is 0. The monoisotopic (exact) mass is 212 g/mol. The highest BCUT2D eigenvalue weighted by molar-refractivity contribution is 4.96. The van der Waals surface area contributed by atoms with E-state index in [0.29, 0.717) is 11.8 Å². The first kappa shape index (κ1) is 10.1. The van der Waals surface area contributed by atoms with Gasteiger partial charge in [-0.2, -0.15) is 0 Å². The highest BCUT2D eigenvalue weighted by atomic mass is 16.7. The van der Waals surface area contributed by atoms with Crippen LogP contribution < -0.4 is 0 Å². The van der Waals surface area contributed by atoms with E-state index in [1.54, 1.807) is 0 Å². The Kier molecular flexibility index (Phi) is 2.49. The molecule has 3 rings (SSSR count). The molecular weight excluding hydrogens is 192 g/mol. The van der Waals surface area contributed by atoms with Gasteiger partial charge in [0.05, 0.1) is 19.3 Å². The molecule has 1 saturated heterocycles. The number of aliphatic hydroxyl groups is 1. The maximum atomic E-state index is 10.0.